The van der Waals surface area contributed by atoms with E-state index in [1.165, 1.54) is 12.0 Å². The molecule has 2 aromatic carbocycles. The van der Waals surface area contributed by atoms with Crippen LogP contribution in [-0.4, -0.2) is 38.0 Å². The first-order valence-corrected chi connectivity index (χ1v) is 10.8. The Morgan fingerprint density at radius 3 is 2.71 bits per heavy atom. The van der Waals surface area contributed by atoms with Gasteiger partial charge in [-0.25, -0.2) is 0 Å². The zero-order valence-corrected chi connectivity index (χ0v) is 19.8. The van der Waals surface area contributed by atoms with Crippen LogP contribution in [0.15, 0.2) is 34.8 Å². The zero-order chi connectivity index (χ0) is 22.7. The molecule has 7 nitrogen and oxygen atoms in total. The van der Waals surface area contributed by atoms with Crippen molar-refractivity contribution in [3.63, 3.8) is 0 Å². The molecular weight excluding hydrogens is 511 g/mol. The van der Waals surface area contributed by atoms with Gasteiger partial charge in [-0.05, 0) is 58.7 Å². The summed E-state index contributed by atoms with van der Waals surface area (Å²) in [5.41, 5.74) is 1.80. The smallest absolute Gasteiger partial charge is 0.311 e. The molecule has 164 valence electrons. The minimum atomic E-state index is -0.701. The van der Waals surface area contributed by atoms with Gasteiger partial charge in [0.25, 0.3) is 5.91 Å². The molecule has 2 amide bonds. The molecule has 3 rings (SSSR count). The third-order valence-electron chi connectivity index (χ3n) is 4.78. The molecule has 0 radical (unpaired) electrons. The molecule has 1 saturated heterocycles. The van der Waals surface area contributed by atoms with Gasteiger partial charge in [0.15, 0.2) is 6.61 Å². The Labute approximate surface area is 197 Å². The summed E-state index contributed by atoms with van der Waals surface area (Å²) >= 11 is 15.4. The molecule has 1 aliphatic heterocycles. The normalized spacial score (nSPS) is 15.7. The maximum atomic E-state index is 12.5. The van der Waals surface area contributed by atoms with Crippen molar-refractivity contribution in [2.75, 3.05) is 30.5 Å². The predicted octanol–water partition coefficient (Wildman–Crippen LogP) is 4.61. The van der Waals surface area contributed by atoms with Crippen molar-refractivity contribution in [2.45, 2.75) is 13.3 Å². The number of hydrogen-bond acceptors (Lipinski definition) is 5. The first-order valence-electron chi connectivity index (χ1n) is 9.25. The molecule has 0 bridgehead atoms. The van der Waals surface area contributed by atoms with Gasteiger partial charge in [-0.2, -0.15) is 0 Å². The highest BCUT2D eigenvalue weighted by Gasteiger charge is 2.37. The number of esters is 1. The number of nitrogens with zero attached hydrogens (tertiary/aromatic N) is 1. The highest BCUT2D eigenvalue weighted by Crippen LogP contribution is 2.35. The predicted molar refractivity (Wildman–Crippen MR) is 122 cm³/mol. The van der Waals surface area contributed by atoms with Crippen LogP contribution in [0, 0.1) is 12.8 Å². The van der Waals surface area contributed by atoms with Crippen molar-refractivity contribution in [1.29, 1.82) is 0 Å². The lowest BCUT2D eigenvalue weighted by Gasteiger charge is -2.19. The second-order valence-corrected chi connectivity index (χ2v) is 8.66. The molecule has 1 N–H and O–H groups in total. The fourth-order valence-electron chi connectivity index (χ4n) is 3.19. The number of aryl methyl sites for hydroxylation is 1. The van der Waals surface area contributed by atoms with Gasteiger partial charge in [0.1, 0.15) is 5.75 Å². The van der Waals surface area contributed by atoms with E-state index in [1.54, 1.807) is 30.3 Å². The van der Waals surface area contributed by atoms with Gasteiger partial charge in [-0.1, -0.05) is 23.2 Å². The lowest BCUT2D eigenvalue weighted by atomic mass is 10.1. The van der Waals surface area contributed by atoms with E-state index in [9.17, 15) is 14.4 Å². The number of ether oxygens (including phenoxy) is 2. The quantitative estimate of drug-likeness (QED) is 0.552. The van der Waals surface area contributed by atoms with Crippen LogP contribution in [0.1, 0.15) is 12.0 Å². The maximum absolute atomic E-state index is 12.5. The molecule has 0 spiro atoms. The van der Waals surface area contributed by atoms with Gasteiger partial charge in [-0.3, -0.25) is 14.4 Å². The van der Waals surface area contributed by atoms with E-state index in [1.807, 2.05) is 6.92 Å². The van der Waals surface area contributed by atoms with Gasteiger partial charge in [-0.15, -0.1) is 0 Å². The highest BCUT2D eigenvalue weighted by molar-refractivity contribution is 9.10. The van der Waals surface area contributed by atoms with Crippen LogP contribution in [0.2, 0.25) is 10.0 Å². The Morgan fingerprint density at radius 1 is 1.26 bits per heavy atom. The molecule has 0 aliphatic carbocycles. The van der Waals surface area contributed by atoms with E-state index >= 15 is 0 Å². The van der Waals surface area contributed by atoms with Crippen molar-refractivity contribution >= 4 is 68.3 Å². The van der Waals surface area contributed by atoms with E-state index in [0.717, 1.165) is 5.56 Å². The van der Waals surface area contributed by atoms with Crippen LogP contribution in [0.25, 0.3) is 0 Å². The largest absolute Gasteiger partial charge is 0.495 e. The standard InChI is InChI=1S/C21H19BrCl2N2O5/c1-11-5-14(22)15(24)8-16(11)25-19(27)10-31-21(29)12-6-20(28)26(9-12)17-7-13(23)3-4-18(17)30-2/h3-5,7-8,12H,6,9-10H2,1-2H3,(H,25,27)/t12-/m0/s1. The van der Waals surface area contributed by atoms with Crippen LogP contribution in [-0.2, 0) is 19.1 Å². The van der Waals surface area contributed by atoms with E-state index in [4.69, 9.17) is 32.7 Å². The highest BCUT2D eigenvalue weighted by atomic mass is 79.9. The summed E-state index contributed by atoms with van der Waals surface area (Å²) in [6.45, 7) is 1.44. The average Bonchev–Trinajstić information content (AvgIpc) is 3.11. The second-order valence-electron chi connectivity index (χ2n) is 6.96. The average molecular weight is 530 g/mol. The maximum Gasteiger partial charge on any atom is 0.311 e. The minimum absolute atomic E-state index is 0.0302. The van der Waals surface area contributed by atoms with Crippen LogP contribution in [0.4, 0.5) is 11.4 Å². The fraction of sp³-hybridized carbons (Fsp3) is 0.286. The zero-order valence-electron chi connectivity index (χ0n) is 16.7. The van der Waals surface area contributed by atoms with Crippen LogP contribution in [0.5, 0.6) is 5.75 Å². The summed E-state index contributed by atoms with van der Waals surface area (Å²) in [5.74, 6) is -1.63. The molecule has 0 aromatic heterocycles. The number of amides is 2. The molecule has 1 fully saturated rings. The number of hydrogen-bond donors (Lipinski definition) is 1. The molecule has 2 aromatic rings. The SMILES string of the molecule is COc1ccc(Cl)cc1N1C[C@@H](C(=O)OCC(=O)Nc2cc(Cl)c(Br)cc2C)CC1=O. The topological polar surface area (TPSA) is 84.9 Å². The third kappa shape index (κ3) is 5.50. The lowest BCUT2D eigenvalue weighted by Crippen LogP contribution is -2.28. The molecule has 1 atom stereocenters. The number of nitrogens with one attached hydrogen (secondary N) is 1. The fourth-order valence-corrected chi connectivity index (χ4v) is 3.98. The van der Waals surface area contributed by atoms with E-state index in [-0.39, 0.29) is 18.9 Å². The minimum Gasteiger partial charge on any atom is -0.495 e. The summed E-state index contributed by atoms with van der Waals surface area (Å²) in [7, 11) is 1.48. The molecule has 1 aliphatic rings. The molecule has 10 heteroatoms. The summed E-state index contributed by atoms with van der Waals surface area (Å²) in [5, 5.41) is 3.54. The number of rotatable bonds is 6. The number of methoxy groups -OCH3 is 1. The molecule has 1 heterocycles. The van der Waals surface area contributed by atoms with Gasteiger partial charge in [0, 0.05) is 28.1 Å². The first-order chi connectivity index (χ1) is 14.7. The molecule has 0 saturated carbocycles. The number of halogens is 3. The summed E-state index contributed by atoms with van der Waals surface area (Å²) in [6.07, 6.45) is -0.0302. The number of carbonyl (C=O) groups excluding carboxylic acids is 3. The second kappa shape index (κ2) is 9.89. The van der Waals surface area contributed by atoms with Crippen molar-refractivity contribution in [3.05, 3.63) is 50.4 Å². The number of benzene rings is 2. The number of anilines is 2. The van der Waals surface area contributed by atoms with Crippen LogP contribution < -0.4 is 15.0 Å². The Hall–Kier alpha value is -2.29. The Balaban J connectivity index is 1.59. The molecule has 0 unspecified atom stereocenters. The lowest BCUT2D eigenvalue weighted by molar-refractivity contribution is -0.151. The van der Waals surface area contributed by atoms with E-state index in [2.05, 4.69) is 21.2 Å². The first kappa shape index (κ1) is 23.4. The molecular formula is C21H19BrCl2N2O5. The van der Waals surface area contributed by atoms with Crippen molar-refractivity contribution in [3.8, 4) is 5.75 Å². The Bertz CT molecular complexity index is 1050. The van der Waals surface area contributed by atoms with Gasteiger partial charge in [0.2, 0.25) is 5.91 Å². The van der Waals surface area contributed by atoms with Crippen molar-refractivity contribution in [2.24, 2.45) is 5.92 Å². The third-order valence-corrected chi connectivity index (χ3v) is 6.21. The Morgan fingerprint density at radius 2 is 2.00 bits per heavy atom. The Kier molecular flexibility index (Phi) is 7.46. The van der Waals surface area contributed by atoms with Crippen LogP contribution in [0.3, 0.4) is 0 Å². The van der Waals surface area contributed by atoms with Gasteiger partial charge in [0.05, 0.1) is 23.7 Å². The van der Waals surface area contributed by atoms with Crippen LogP contribution >= 0.6 is 39.1 Å². The van der Waals surface area contributed by atoms with E-state index < -0.39 is 24.4 Å². The number of carbonyl (C=O) groups is 3. The monoisotopic (exact) mass is 528 g/mol. The summed E-state index contributed by atoms with van der Waals surface area (Å²) < 4.78 is 11.1. The summed E-state index contributed by atoms with van der Waals surface area (Å²) in [6, 6.07) is 8.27. The van der Waals surface area contributed by atoms with Gasteiger partial charge < -0.3 is 19.7 Å². The van der Waals surface area contributed by atoms with Crippen molar-refractivity contribution in [1.82, 2.24) is 0 Å². The molecule has 31 heavy (non-hydrogen) atoms. The van der Waals surface area contributed by atoms with Crippen molar-refractivity contribution < 1.29 is 23.9 Å². The summed E-state index contributed by atoms with van der Waals surface area (Å²) in [4.78, 5) is 38.5. The van der Waals surface area contributed by atoms with E-state index in [0.29, 0.717) is 31.6 Å². The van der Waals surface area contributed by atoms with Gasteiger partial charge >= 0.3 is 5.97 Å².